The van der Waals surface area contributed by atoms with Gasteiger partial charge in [0.05, 0.1) is 18.7 Å². The lowest BCUT2D eigenvalue weighted by Crippen LogP contribution is -2.27. The van der Waals surface area contributed by atoms with Crippen molar-refractivity contribution in [2.24, 2.45) is 0 Å². The number of aromatic nitrogens is 1. The van der Waals surface area contributed by atoms with Crippen molar-refractivity contribution in [3.8, 4) is 0 Å². The maximum atomic E-state index is 12.3. The van der Waals surface area contributed by atoms with Crippen molar-refractivity contribution in [2.45, 2.75) is 6.54 Å². The highest BCUT2D eigenvalue weighted by Gasteiger charge is 2.16. The molecule has 0 bridgehead atoms. The third kappa shape index (κ3) is 3.40. The number of carbonyl (C=O) groups is 1. The molecule has 1 aromatic heterocycles. The summed E-state index contributed by atoms with van der Waals surface area (Å²) in [6, 6.07) is 6.30. The first kappa shape index (κ1) is 15.9. The second kappa shape index (κ2) is 6.52. The molecule has 7 heteroatoms. The van der Waals surface area contributed by atoms with E-state index < -0.39 is 11.5 Å². The van der Waals surface area contributed by atoms with E-state index in [0.29, 0.717) is 15.6 Å². The number of methoxy groups -OCH3 is 1. The van der Waals surface area contributed by atoms with Crippen molar-refractivity contribution < 1.29 is 9.53 Å². The van der Waals surface area contributed by atoms with E-state index in [9.17, 15) is 9.59 Å². The van der Waals surface area contributed by atoms with Crippen LogP contribution in [0.4, 0.5) is 0 Å². The van der Waals surface area contributed by atoms with Crippen LogP contribution in [0.2, 0.25) is 15.1 Å². The number of halogens is 3. The van der Waals surface area contributed by atoms with E-state index in [4.69, 9.17) is 34.8 Å². The second-order valence-corrected chi connectivity index (χ2v) is 5.45. The molecule has 0 atom stereocenters. The Balaban J connectivity index is 2.53. The van der Waals surface area contributed by atoms with Gasteiger partial charge in [-0.15, -0.1) is 0 Å². The molecule has 110 valence electrons. The van der Waals surface area contributed by atoms with Gasteiger partial charge in [0, 0.05) is 21.8 Å². The van der Waals surface area contributed by atoms with Crippen LogP contribution in [0.15, 0.2) is 35.3 Å². The molecular weight excluding hydrogens is 337 g/mol. The van der Waals surface area contributed by atoms with Gasteiger partial charge in [0.25, 0.3) is 5.56 Å². The predicted octanol–water partition coefficient (Wildman–Crippen LogP) is 3.64. The van der Waals surface area contributed by atoms with Crippen LogP contribution in [0, 0.1) is 0 Å². The molecule has 0 saturated carbocycles. The van der Waals surface area contributed by atoms with Gasteiger partial charge in [-0.25, -0.2) is 4.79 Å². The van der Waals surface area contributed by atoms with Crippen LogP contribution in [0.5, 0.6) is 0 Å². The number of carbonyl (C=O) groups excluding carboxylic acids is 1. The number of pyridine rings is 1. The van der Waals surface area contributed by atoms with Gasteiger partial charge in [0.1, 0.15) is 5.56 Å². The first-order chi connectivity index (χ1) is 9.93. The molecule has 0 aliphatic heterocycles. The Morgan fingerprint density at radius 2 is 1.86 bits per heavy atom. The van der Waals surface area contributed by atoms with Crippen molar-refractivity contribution in [3.05, 3.63) is 67.0 Å². The molecular formula is C14H10Cl3NO3. The lowest BCUT2D eigenvalue weighted by Gasteiger charge is -2.11. The van der Waals surface area contributed by atoms with Crippen LogP contribution >= 0.6 is 34.8 Å². The minimum absolute atomic E-state index is 0.0991. The highest BCUT2D eigenvalue weighted by Crippen LogP contribution is 2.25. The van der Waals surface area contributed by atoms with E-state index in [1.807, 2.05) is 0 Å². The van der Waals surface area contributed by atoms with Gasteiger partial charge in [-0.2, -0.15) is 0 Å². The molecule has 4 nitrogen and oxygen atoms in total. The third-order valence-corrected chi connectivity index (χ3v) is 3.76. The maximum absolute atomic E-state index is 12.3. The zero-order chi connectivity index (χ0) is 15.6. The molecule has 0 spiro atoms. The average Bonchev–Trinajstić information content (AvgIpc) is 2.45. The van der Waals surface area contributed by atoms with Gasteiger partial charge in [0.15, 0.2) is 0 Å². The molecule has 0 aliphatic rings. The van der Waals surface area contributed by atoms with Crippen LogP contribution < -0.4 is 5.56 Å². The van der Waals surface area contributed by atoms with E-state index in [-0.39, 0.29) is 17.1 Å². The average molecular weight is 347 g/mol. The van der Waals surface area contributed by atoms with Gasteiger partial charge in [0.2, 0.25) is 0 Å². The summed E-state index contributed by atoms with van der Waals surface area (Å²) < 4.78 is 5.83. The predicted molar refractivity (Wildman–Crippen MR) is 82.6 cm³/mol. The second-order valence-electron chi connectivity index (χ2n) is 4.20. The lowest BCUT2D eigenvalue weighted by atomic mass is 10.2. The van der Waals surface area contributed by atoms with Gasteiger partial charge < -0.3 is 9.30 Å². The highest BCUT2D eigenvalue weighted by molar-refractivity contribution is 6.36. The number of hydrogen-bond acceptors (Lipinski definition) is 3. The highest BCUT2D eigenvalue weighted by atomic mass is 35.5. The summed E-state index contributed by atoms with van der Waals surface area (Å²) in [5.74, 6) is -0.749. The lowest BCUT2D eigenvalue weighted by molar-refractivity contribution is 0.0598. The SMILES string of the molecule is COC(=O)c1cc(Cl)cn(Cc2c(Cl)cccc2Cl)c1=O. The molecule has 0 fully saturated rings. The van der Waals surface area contributed by atoms with Gasteiger partial charge in [-0.3, -0.25) is 4.79 Å². The van der Waals surface area contributed by atoms with Crippen LogP contribution in [0.3, 0.4) is 0 Å². The van der Waals surface area contributed by atoms with E-state index in [2.05, 4.69) is 4.74 Å². The van der Waals surface area contributed by atoms with E-state index in [1.165, 1.54) is 23.9 Å². The topological polar surface area (TPSA) is 48.3 Å². The van der Waals surface area contributed by atoms with Crippen molar-refractivity contribution in [1.29, 1.82) is 0 Å². The number of rotatable bonds is 3. The fourth-order valence-electron chi connectivity index (χ4n) is 1.83. The normalized spacial score (nSPS) is 10.5. The molecule has 0 amide bonds. The minimum Gasteiger partial charge on any atom is -0.465 e. The Morgan fingerprint density at radius 1 is 1.24 bits per heavy atom. The van der Waals surface area contributed by atoms with Crippen molar-refractivity contribution >= 4 is 40.8 Å². The van der Waals surface area contributed by atoms with Gasteiger partial charge >= 0.3 is 5.97 Å². The Morgan fingerprint density at radius 3 is 2.43 bits per heavy atom. The minimum atomic E-state index is -0.749. The van der Waals surface area contributed by atoms with Crippen LogP contribution in [0.1, 0.15) is 15.9 Å². The summed E-state index contributed by atoms with van der Waals surface area (Å²) in [6.07, 6.45) is 1.41. The Bertz CT molecular complexity index is 735. The van der Waals surface area contributed by atoms with Crippen molar-refractivity contribution in [3.63, 3.8) is 0 Å². The molecule has 0 unspecified atom stereocenters. The molecule has 2 aromatic rings. The number of ether oxygens (including phenoxy) is 1. The molecule has 21 heavy (non-hydrogen) atoms. The molecule has 1 heterocycles. The maximum Gasteiger partial charge on any atom is 0.343 e. The number of hydrogen-bond donors (Lipinski definition) is 0. The van der Waals surface area contributed by atoms with Crippen LogP contribution in [-0.4, -0.2) is 17.6 Å². The fraction of sp³-hybridized carbons (Fsp3) is 0.143. The van der Waals surface area contributed by atoms with Gasteiger partial charge in [-0.1, -0.05) is 40.9 Å². The molecule has 0 aliphatic carbocycles. The summed E-state index contributed by atoms with van der Waals surface area (Å²) in [5.41, 5.74) is -0.101. The summed E-state index contributed by atoms with van der Waals surface area (Å²) in [5, 5.41) is 1.08. The summed E-state index contributed by atoms with van der Waals surface area (Å²) in [7, 11) is 1.19. The monoisotopic (exact) mass is 345 g/mol. The van der Waals surface area contributed by atoms with Crippen molar-refractivity contribution in [1.82, 2.24) is 4.57 Å². The third-order valence-electron chi connectivity index (χ3n) is 2.85. The van der Waals surface area contributed by atoms with Gasteiger partial charge in [-0.05, 0) is 18.2 Å². The summed E-state index contributed by atoms with van der Waals surface area (Å²) in [4.78, 5) is 23.8. The summed E-state index contributed by atoms with van der Waals surface area (Å²) >= 11 is 18.1. The number of benzene rings is 1. The Kier molecular flexibility index (Phi) is 4.93. The quantitative estimate of drug-likeness (QED) is 0.797. The molecule has 0 radical (unpaired) electrons. The van der Waals surface area contributed by atoms with Crippen LogP contribution in [-0.2, 0) is 11.3 Å². The zero-order valence-electron chi connectivity index (χ0n) is 10.9. The van der Waals surface area contributed by atoms with E-state index in [1.54, 1.807) is 18.2 Å². The Labute approximate surface area is 135 Å². The van der Waals surface area contributed by atoms with E-state index in [0.717, 1.165) is 0 Å². The smallest absolute Gasteiger partial charge is 0.343 e. The number of nitrogens with zero attached hydrogens (tertiary/aromatic N) is 1. The summed E-state index contributed by atoms with van der Waals surface area (Å²) in [6.45, 7) is 0.0991. The van der Waals surface area contributed by atoms with E-state index >= 15 is 0 Å². The Hall–Kier alpha value is -1.49. The molecule has 0 saturated heterocycles. The molecule has 1 aromatic carbocycles. The molecule has 0 N–H and O–H groups in total. The first-order valence-electron chi connectivity index (χ1n) is 5.85. The van der Waals surface area contributed by atoms with Crippen molar-refractivity contribution in [2.75, 3.05) is 7.11 Å². The molecule has 2 rings (SSSR count). The fourth-order valence-corrected chi connectivity index (χ4v) is 2.57. The number of esters is 1. The largest absolute Gasteiger partial charge is 0.465 e. The first-order valence-corrected chi connectivity index (χ1v) is 6.98. The van der Waals surface area contributed by atoms with Crippen LogP contribution in [0.25, 0.3) is 0 Å². The standard InChI is InChI=1S/C14H10Cl3NO3/c1-21-14(20)9-5-8(15)6-18(13(9)19)7-10-11(16)3-2-4-12(10)17/h2-6H,7H2,1H3. The zero-order valence-corrected chi connectivity index (χ0v) is 13.2.